The monoisotopic (exact) mass is 388 g/mol. The minimum Gasteiger partial charge on any atom is -0.497 e. The summed E-state index contributed by atoms with van der Waals surface area (Å²) < 4.78 is 16.4. The number of rotatable bonds is 6. The number of hydrogen-bond donors (Lipinski definition) is 2. The number of carbonyl (C=O) groups is 1. The number of H-pyrrole nitrogens is 1. The molecule has 2 aromatic rings. The Balaban J connectivity index is 1.89. The molecule has 0 spiro atoms. The zero-order chi connectivity index (χ0) is 19.6. The first kappa shape index (κ1) is 18.9. The van der Waals surface area contributed by atoms with E-state index in [0.717, 1.165) is 5.56 Å². The molecule has 1 aromatic carbocycles. The number of aromatic nitrogens is 2. The van der Waals surface area contributed by atoms with Gasteiger partial charge in [-0.05, 0) is 31.4 Å². The molecule has 3 rings (SSSR count). The van der Waals surface area contributed by atoms with Gasteiger partial charge in [0.05, 0.1) is 14.2 Å². The van der Waals surface area contributed by atoms with Crippen molar-refractivity contribution in [2.75, 3.05) is 25.8 Å². The van der Waals surface area contributed by atoms with Crippen molar-refractivity contribution in [3.63, 3.8) is 0 Å². The number of cyclic esters (lactones) is 1. The standard InChI is InChI=1S/C18H20N4O4S/c1-18(12-7-10(24-2)5-6-14(12)25-3)8-13(17(23)26-18)20-15-11(9-19)16(27-4)22-21-15/h5-7,13H,8H2,1-4H3,(H2,20,21,22). The average Bonchev–Trinajstić information content (AvgIpc) is 3.21. The minimum absolute atomic E-state index is 0.355. The van der Waals surface area contributed by atoms with E-state index >= 15 is 0 Å². The molecule has 1 fully saturated rings. The smallest absolute Gasteiger partial charge is 0.329 e. The highest BCUT2D eigenvalue weighted by Crippen LogP contribution is 2.43. The van der Waals surface area contributed by atoms with Crippen LogP contribution in [0.3, 0.4) is 0 Å². The average molecular weight is 388 g/mol. The minimum atomic E-state index is -0.899. The fourth-order valence-electron chi connectivity index (χ4n) is 3.17. The van der Waals surface area contributed by atoms with Crippen molar-refractivity contribution in [2.24, 2.45) is 0 Å². The summed E-state index contributed by atoms with van der Waals surface area (Å²) >= 11 is 1.35. The zero-order valence-corrected chi connectivity index (χ0v) is 16.3. The van der Waals surface area contributed by atoms with Crippen molar-refractivity contribution in [3.05, 3.63) is 29.3 Å². The Hall–Kier alpha value is -2.86. The highest BCUT2D eigenvalue weighted by molar-refractivity contribution is 7.98. The van der Waals surface area contributed by atoms with Gasteiger partial charge in [-0.15, -0.1) is 11.8 Å². The number of anilines is 1. The summed E-state index contributed by atoms with van der Waals surface area (Å²) in [7, 11) is 3.14. The first-order valence-electron chi connectivity index (χ1n) is 8.20. The summed E-state index contributed by atoms with van der Waals surface area (Å²) in [5, 5.41) is 19.8. The number of thioether (sulfide) groups is 1. The number of carbonyl (C=O) groups excluding carboxylic acids is 1. The number of nitrogens with zero attached hydrogens (tertiary/aromatic N) is 2. The van der Waals surface area contributed by atoms with Crippen LogP contribution in [0.4, 0.5) is 5.82 Å². The van der Waals surface area contributed by atoms with Crippen LogP contribution in [-0.2, 0) is 15.1 Å². The van der Waals surface area contributed by atoms with Crippen LogP contribution in [0.25, 0.3) is 0 Å². The lowest BCUT2D eigenvalue weighted by molar-refractivity contribution is -0.148. The fourth-order valence-corrected chi connectivity index (χ4v) is 3.65. The Bertz CT molecular complexity index is 907. The van der Waals surface area contributed by atoms with Gasteiger partial charge in [0.15, 0.2) is 0 Å². The molecule has 2 heterocycles. The summed E-state index contributed by atoms with van der Waals surface area (Å²) in [6.07, 6.45) is 2.19. The van der Waals surface area contributed by atoms with Gasteiger partial charge < -0.3 is 19.5 Å². The fraction of sp³-hybridized carbons (Fsp3) is 0.389. The maximum Gasteiger partial charge on any atom is 0.329 e. The van der Waals surface area contributed by atoms with E-state index in [9.17, 15) is 10.1 Å². The van der Waals surface area contributed by atoms with Gasteiger partial charge >= 0.3 is 5.97 Å². The molecule has 0 aliphatic carbocycles. The molecule has 0 bridgehead atoms. The topological polar surface area (TPSA) is 109 Å². The largest absolute Gasteiger partial charge is 0.497 e. The second kappa shape index (κ2) is 7.40. The number of esters is 1. The molecule has 9 heteroatoms. The summed E-state index contributed by atoms with van der Waals surface area (Å²) in [4.78, 5) is 12.5. The maximum atomic E-state index is 12.5. The molecule has 142 valence electrons. The molecular formula is C18H20N4O4S. The van der Waals surface area contributed by atoms with Crippen molar-refractivity contribution in [2.45, 2.75) is 30.0 Å². The van der Waals surface area contributed by atoms with Crippen LogP contribution in [-0.4, -0.2) is 42.7 Å². The Morgan fingerprint density at radius 3 is 2.85 bits per heavy atom. The lowest BCUT2D eigenvalue weighted by Gasteiger charge is -2.25. The number of aromatic amines is 1. The van der Waals surface area contributed by atoms with Crippen LogP contribution in [0.2, 0.25) is 0 Å². The molecule has 27 heavy (non-hydrogen) atoms. The SMILES string of the molecule is COc1ccc(OC)c(C2(C)CC(Nc3[nH]nc(SC)c3C#N)C(=O)O2)c1. The molecule has 0 amide bonds. The number of methoxy groups -OCH3 is 2. The molecule has 8 nitrogen and oxygen atoms in total. The molecule has 1 aliphatic heterocycles. The van der Waals surface area contributed by atoms with Gasteiger partial charge in [0.2, 0.25) is 0 Å². The molecule has 2 atom stereocenters. The van der Waals surface area contributed by atoms with Gasteiger partial charge in [0, 0.05) is 12.0 Å². The van der Waals surface area contributed by atoms with Crippen LogP contribution in [0.15, 0.2) is 23.2 Å². The number of nitriles is 1. The number of hydrogen-bond acceptors (Lipinski definition) is 8. The highest BCUT2D eigenvalue weighted by Gasteiger charge is 2.46. The quantitative estimate of drug-likeness (QED) is 0.574. The van der Waals surface area contributed by atoms with Crippen molar-refractivity contribution in [1.29, 1.82) is 5.26 Å². The second-order valence-electron chi connectivity index (χ2n) is 6.21. The summed E-state index contributed by atoms with van der Waals surface area (Å²) in [5.41, 5.74) is 0.198. The number of ether oxygens (including phenoxy) is 3. The second-order valence-corrected chi connectivity index (χ2v) is 7.01. The van der Waals surface area contributed by atoms with E-state index in [2.05, 4.69) is 21.6 Å². The lowest BCUT2D eigenvalue weighted by atomic mass is 9.90. The third-order valence-corrected chi connectivity index (χ3v) is 5.22. The first-order chi connectivity index (χ1) is 13.0. The third kappa shape index (κ3) is 3.40. The molecule has 2 N–H and O–H groups in total. The van der Waals surface area contributed by atoms with Crippen LogP contribution < -0.4 is 14.8 Å². The Kier molecular flexibility index (Phi) is 5.19. The van der Waals surface area contributed by atoms with Crippen molar-refractivity contribution in [1.82, 2.24) is 10.2 Å². The van der Waals surface area contributed by atoms with E-state index in [1.54, 1.807) is 32.4 Å². The van der Waals surface area contributed by atoms with E-state index in [-0.39, 0.29) is 0 Å². The van der Waals surface area contributed by atoms with Gasteiger partial charge in [-0.2, -0.15) is 10.4 Å². The third-order valence-electron chi connectivity index (χ3n) is 4.54. The molecule has 1 aromatic heterocycles. The van der Waals surface area contributed by atoms with Crippen LogP contribution in [0.1, 0.15) is 24.5 Å². The molecule has 0 radical (unpaired) electrons. The maximum absolute atomic E-state index is 12.5. The van der Waals surface area contributed by atoms with Gasteiger partial charge in [-0.1, -0.05) is 0 Å². The Morgan fingerprint density at radius 2 is 2.22 bits per heavy atom. The number of nitrogens with one attached hydrogen (secondary N) is 2. The van der Waals surface area contributed by atoms with Gasteiger partial charge in [0.25, 0.3) is 0 Å². The summed E-state index contributed by atoms with van der Waals surface area (Å²) in [5.74, 6) is 1.25. The Labute approximate surface area is 161 Å². The molecule has 0 saturated carbocycles. The Morgan fingerprint density at radius 1 is 1.44 bits per heavy atom. The predicted molar refractivity (Wildman–Crippen MR) is 100 cm³/mol. The van der Waals surface area contributed by atoms with Crippen molar-refractivity contribution in [3.8, 4) is 17.6 Å². The van der Waals surface area contributed by atoms with Crippen molar-refractivity contribution >= 4 is 23.5 Å². The van der Waals surface area contributed by atoms with Gasteiger partial charge in [-0.3, -0.25) is 5.10 Å². The first-order valence-corrected chi connectivity index (χ1v) is 9.42. The number of benzene rings is 1. The predicted octanol–water partition coefficient (Wildman–Crippen LogP) is 2.66. The van der Waals surface area contributed by atoms with Crippen LogP contribution in [0.5, 0.6) is 11.5 Å². The molecular weight excluding hydrogens is 368 g/mol. The van der Waals surface area contributed by atoms with E-state index in [1.807, 2.05) is 13.2 Å². The van der Waals surface area contributed by atoms with E-state index in [0.29, 0.717) is 34.3 Å². The normalized spacial score (nSPS) is 21.4. The molecule has 1 saturated heterocycles. The van der Waals surface area contributed by atoms with Crippen LogP contribution in [0, 0.1) is 11.3 Å². The van der Waals surface area contributed by atoms with Crippen molar-refractivity contribution < 1.29 is 19.0 Å². The van der Waals surface area contributed by atoms with E-state index in [1.165, 1.54) is 11.8 Å². The van der Waals surface area contributed by atoms with E-state index in [4.69, 9.17) is 14.2 Å². The zero-order valence-electron chi connectivity index (χ0n) is 15.5. The molecule has 1 aliphatic rings. The van der Waals surface area contributed by atoms with Gasteiger partial charge in [-0.25, -0.2) is 4.79 Å². The summed E-state index contributed by atoms with van der Waals surface area (Å²) in [6, 6.07) is 6.84. The molecule has 2 unspecified atom stereocenters. The van der Waals surface area contributed by atoms with Crippen LogP contribution >= 0.6 is 11.8 Å². The summed E-state index contributed by atoms with van der Waals surface area (Å²) in [6.45, 7) is 1.83. The lowest BCUT2D eigenvalue weighted by Crippen LogP contribution is -2.26. The highest BCUT2D eigenvalue weighted by atomic mass is 32.2. The van der Waals surface area contributed by atoms with E-state index < -0.39 is 17.6 Å². The van der Waals surface area contributed by atoms with Gasteiger partial charge in [0.1, 0.15) is 45.6 Å².